The monoisotopic (exact) mass is 328 g/mol. The number of halogens is 1. The predicted octanol–water partition coefficient (Wildman–Crippen LogP) is 4.45. The average Bonchev–Trinajstić information content (AvgIpc) is 2.45. The number of hydrogen-bond donors (Lipinski definition) is 1. The number of phenols is 1. The molecule has 0 saturated carbocycles. The maximum atomic E-state index is 11.7. The molecule has 20 heavy (non-hydrogen) atoms. The minimum absolute atomic E-state index is 0.135. The summed E-state index contributed by atoms with van der Waals surface area (Å²) in [6.07, 6.45) is 6.28. The zero-order valence-corrected chi connectivity index (χ0v) is 12.2. The molecule has 100 valence electrons. The summed E-state index contributed by atoms with van der Waals surface area (Å²) in [7, 11) is 0. The van der Waals surface area contributed by atoms with Gasteiger partial charge in [0.05, 0.1) is 0 Å². The van der Waals surface area contributed by atoms with Crippen molar-refractivity contribution < 1.29 is 9.90 Å². The van der Waals surface area contributed by atoms with Gasteiger partial charge in [-0.25, -0.2) is 0 Å². The van der Waals surface area contributed by atoms with Gasteiger partial charge in [-0.05, 0) is 42.0 Å². The third kappa shape index (κ3) is 3.93. The van der Waals surface area contributed by atoms with Crippen molar-refractivity contribution in [3.8, 4) is 5.75 Å². The molecule has 0 unspecified atom stereocenters. The lowest BCUT2D eigenvalue weighted by Crippen LogP contribution is -1.85. The minimum Gasteiger partial charge on any atom is -0.507 e. The number of ketones is 1. The second kappa shape index (κ2) is 6.87. The van der Waals surface area contributed by atoms with Gasteiger partial charge in [-0.1, -0.05) is 52.3 Å². The van der Waals surface area contributed by atoms with E-state index < -0.39 is 0 Å². The summed E-state index contributed by atoms with van der Waals surface area (Å²) >= 11 is 3.42. The fourth-order valence-electron chi connectivity index (χ4n) is 1.64. The fraction of sp³-hybridized carbons (Fsp3) is 0. The van der Waals surface area contributed by atoms with E-state index in [0.717, 1.165) is 10.0 Å². The number of phenolic OH excluding ortho intramolecular Hbond substituents is 1. The molecule has 0 aliphatic carbocycles. The van der Waals surface area contributed by atoms with Crippen molar-refractivity contribution in [3.63, 3.8) is 0 Å². The standard InChI is InChI=1S/C17H13BrO2/c18-16-7-3-1-5-13(16)9-11-15(19)12-10-14-6-2-4-8-17(14)20/h1-12,20H/b11-9+,12-10+. The van der Waals surface area contributed by atoms with Gasteiger partial charge < -0.3 is 5.11 Å². The Kier molecular flexibility index (Phi) is 4.91. The van der Waals surface area contributed by atoms with Crippen LogP contribution in [0.4, 0.5) is 0 Å². The second-order valence-corrected chi connectivity index (χ2v) is 5.00. The Morgan fingerprint density at radius 1 is 0.900 bits per heavy atom. The van der Waals surface area contributed by atoms with Gasteiger partial charge in [0.2, 0.25) is 0 Å². The quantitative estimate of drug-likeness (QED) is 0.842. The molecular weight excluding hydrogens is 316 g/mol. The maximum Gasteiger partial charge on any atom is 0.178 e. The Hall–Kier alpha value is -2.13. The van der Waals surface area contributed by atoms with E-state index in [1.165, 1.54) is 12.2 Å². The Labute approximate surface area is 126 Å². The van der Waals surface area contributed by atoms with Crippen LogP contribution >= 0.6 is 15.9 Å². The molecule has 1 N–H and O–H groups in total. The van der Waals surface area contributed by atoms with Crippen LogP contribution in [0.15, 0.2) is 65.2 Å². The minimum atomic E-state index is -0.135. The van der Waals surface area contributed by atoms with Gasteiger partial charge in [-0.15, -0.1) is 0 Å². The highest BCUT2D eigenvalue weighted by atomic mass is 79.9. The van der Waals surface area contributed by atoms with E-state index in [2.05, 4.69) is 15.9 Å². The van der Waals surface area contributed by atoms with Gasteiger partial charge in [0.25, 0.3) is 0 Å². The summed E-state index contributed by atoms with van der Waals surface area (Å²) in [6, 6.07) is 14.5. The third-order valence-corrected chi connectivity index (χ3v) is 3.42. The van der Waals surface area contributed by atoms with Gasteiger partial charge >= 0.3 is 0 Å². The third-order valence-electron chi connectivity index (χ3n) is 2.70. The fourth-order valence-corrected chi connectivity index (χ4v) is 2.06. The van der Waals surface area contributed by atoms with Gasteiger partial charge in [-0.2, -0.15) is 0 Å². The first-order valence-electron chi connectivity index (χ1n) is 6.09. The average molecular weight is 329 g/mol. The summed E-state index contributed by atoms with van der Waals surface area (Å²) in [4.78, 5) is 11.7. The lowest BCUT2D eigenvalue weighted by atomic mass is 10.1. The zero-order chi connectivity index (χ0) is 14.4. The van der Waals surface area contributed by atoms with E-state index in [1.54, 1.807) is 36.4 Å². The van der Waals surface area contributed by atoms with Crippen LogP contribution in [0, 0.1) is 0 Å². The first kappa shape index (κ1) is 14.3. The van der Waals surface area contributed by atoms with Crippen LogP contribution in [-0.4, -0.2) is 10.9 Å². The first-order chi connectivity index (χ1) is 9.66. The van der Waals surface area contributed by atoms with Crippen LogP contribution in [-0.2, 0) is 4.79 Å². The SMILES string of the molecule is O=C(/C=C/c1ccccc1O)/C=C/c1ccccc1Br. The number of benzene rings is 2. The van der Waals surface area contributed by atoms with Crippen LogP contribution in [0.3, 0.4) is 0 Å². The van der Waals surface area contributed by atoms with E-state index >= 15 is 0 Å². The van der Waals surface area contributed by atoms with Crippen molar-refractivity contribution in [2.75, 3.05) is 0 Å². The summed E-state index contributed by atoms with van der Waals surface area (Å²) in [5.41, 5.74) is 1.56. The largest absolute Gasteiger partial charge is 0.507 e. The predicted molar refractivity (Wildman–Crippen MR) is 85.3 cm³/mol. The summed E-state index contributed by atoms with van der Waals surface area (Å²) in [5, 5.41) is 9.58. The molecule has 0 aromatic heterocycles. The van der Waals surface area contributed by atoms with E-state index in [-0.39, 0.29) is 11.5 Å². The number of allylic oxidation sites excluding steroid dienone is 2. The molecular formula is C17H13BrO2. The van der Waals surface area contributed by atoms with Crippen molar-refractivity contribution >= 4 is 33.9 Å². The summed E-state index contributed by atoms with van der Waals surface area (Å²) in [6.45, 7) is 0. The van der Waals surface area contributed by atoms with E-state index in [9.17, 15) is 9.90 Å². The topological polar surface area (TPSA) is 37.3 Å². The molecule has 0 bridgehead atoms. The molecule has 0 amide bonds. The van der Waals surface area contributed by atoms with Crippen LogP contribution in [0.1, 0.15) is 11.1 Å². The molecule has 2 aromatic carbocycles. The van der Waals surface area contributed by atoms with Gasteiger partial charge in [0.1, 0.15) is 5.75 Å². The van der Waals surface area contributed by atoms with Crippen LogP contribution < -0.4 is 0 Å². The van der Waals surface area contributed by atoms with E-state index in [0.29, 0.717) is 5.56 Å². The highest BCUT2D eigenvalue weighted by Gasteiger charge is 1.97. The molecule has 2 nitrogen and oxygen atoms in total. The second-order valence-electron chi connectivity index (χ2n) is 4.15. The van der Waals surface area contributed by atoms with E-state index in [4.69, 9.17) is 0 Å². The van der Waals surface area contributed by atoms with Crippen LogP contribution in [0.25, 0.3) is 12.2 Å². The molecule has 0 radical (unpaired) electrons. The zero-order valence-electron chi connectivity index (χ0n) is 10.7. The molecule has 0 aliphatic heterocycles. The van der Waals surface area contributed by atoms with Gasteiger partial charge in [0, 0.05) is 10.0 Å². The van der Waals surface area contributed by atoms with Crippen LogP contribution in [0.2, 0.25) is 0 Å². The molecule has 0 heterocycles. The molecule has 0 spiro atoms. The lowest BCUT2D eigenvalue weighted by Gasteiger charge is -1.97. The maximum absolute atomic E-state index is 11.7. The molecule has 0 fully saturated rings. The first-order valence-corrected chi connectivity index (χ1v) is 6.89. The summed E-state index contributed by atoms with van der Waals surface area (Å²) in [5.74, 6) is 0.0235. The number of carbonyl (C=O) groups excluding carboxylic acids is 1. The molecule has 2 aromatic rings. The van der Waals surface area contributed by atoms with Gasteiger partial charge in [0.15, 0.2) is 5.78 Å². The Morgan fingerprint density at radius 2 is 1.45 bits per heavy atom. The molecule has 0 saturated heterocycles. The van der Waals surface area contributed by atoms with E-state index in [1.807, 2.05) is 24.3 Å². The Balaban J connectivity index is 2.07. The smallest absolute Gasteiger partial charge is 0.178 e. The van der Waals surface area contributed by atoms with Crippen LogP contribution in [0.5, 0.6) is 5.75 Å². The summed E-state index contributed by atoms with van der Waals surface area (Å²) < 4.78 is 0.939. The molecule has 0 atom stereocenters. The van der Waals surface area contributed by atoms with Crippen molar-refractivity contribution in [3.05, 3.63) is 76.3 Å². The molecule has 2 rings (SSSR count). The van der Waals surface area contributed by atoms with Gasteiger partial charge in [-0.3, -0.25) is 4.79 Å². The lowest BCUT2D eigenvalue weighted by molar-refractivity contribution is -0.110. The number of hydrogen-bond acceptors (Lipinski definition) is 2. The van der Waals surface area contributed by atoms with Crippen molar-refractivity contribution in [2.24, 2.45) is 0 Å². The number of rotatable bonds is 4. The Morgan fingerprint density at radius 3 is 2.10 bits per heavy atom. The van der Waals surface area contributed by atoms with Crippen molar-refractivity contribution in [1.82, 2.24) is 0 Å². The molecule has 3 heteroatoms. The number of carbonyl (C=O) groups is 1. The van der Waals surface area contributed by atoms with Crippen molar-refractivity contribution in [1.29, 1.82) is 0 Å². The number of aromatic hydroxyl groups is 1. The highest BCUT2D eigenvalue weighted by Crippen LogP contribution is 2.18. The Bertz CT molecular complexity index is 615. The molecule has 0 aliphatic rings. The highest BCUT2D eigenvalue weighted by molar-refractivity contribution is 9.10. The normalized spacial score (nSPS) is 11.2. The van der Waals surface area contributed by atoms with Crippen molar-refractivity contribution in [2.45, 2.75) is 0 Å². The number of para-hydroxylation sites is 1.